The van der Waals surface area contributed by atoms with Gasteiger partial charge in [-0.2, -0.15) is 5.10 Å². The minimum Gasteiger partial charge on any atom is -0.422 e. The number of esters is 1. The summed E-state index contributed by atoms with van der Waals surface area (Å²) >= 11 is 7.38. The number of hydrogen-bond donors (Lipinski definition) is 1. The van der Waals surface area contributed by atoms with E-state index in [2.05, 4.69) is 10.5 Å². The standard InChI is InChI=1S/C20H15ClN2O3S/c1-13-7-8-16(17(21)10-13)19(24)23-22-12-14-4-2-5-15(11-14)26-20(25)18-6-3-9-27-18/h2-12H,1H3,(H,23,24)/b22-12-. The van der Waals surface area contributed by atoms with E-state index in [4.69, 9.17) is 16.3 Å². The molecule has 0 aliphatic rings. The highest BCUT2D eigenvalue weighted by Crippen LogP contribution is 2.18. The van der Waals surface area contributed by atoms with Crippen LogP contribution < -0.4 is 10.2 Å². The number of hydrogen-bond acceptors (Lipinski definition) is 5. The number of hydrazone groups is 1. The number of carbonyl (C=O) groups is 2. The van der Waals surface area contributed by atoms with Crippen molar-refractivity contribution < 1.29 is 14.3 Å². The number of halogens is 1. The third-order valence-electron chi connectivity index (χ3n) is 3.54. The Hall–Kier alpha value is -2.96. The summed E-state index contributed by atoms with van der Waals surface area (Å²) in [4.78, 5) is 24.6. The highest BCUT2D eigenvalue weighted by Gasteiger charge is 2.10. The Bertz CT molecular complexity index is 1000. The zero-order valence-electron chi connectivity index (χ0n) is 14.3. The molecular formula is C20H15ClN2O3S. The quantitative estimate of drug-likeness (QED) is 0.293. The molecule has 0 saturated carbocycles. The second kappa shape index (κ2) is 8.62. The lowest BCUT2D eigenvalue weighted by molar-refractivity contribution is 0.0739. The Morgan fingerprint density at radius 3 is 2.74 bits per heavy atom. The van der Waals surface area contributed by atoms with Crippen molar-refractivity contribution in [3.8, 4) is 5.75 Å². The maximum Gasteiger partial charge on any atom is 0.353 e. The molecule has 0 saturated heterocycles. The van der Waals surface area contributed by atoms with Crippen LogP contribution in [0.25, 0.3) is 0 Å². The summed E-state index contributed by atoms with van der Waals surface area (Å²) in [7, 11) is 0. The molecule has 7 heteroatoms. The topological polar surface area (TPSA) is 67.8 Å². The van der Waals surface area contributed by atoms with E-state index in [1.54, 1.807) is 54.6 Å². The molecule has 0 aliphatic carbocycles. The van der Waals surface area contributed by atoms with Crippen LogP contribution in [0, 0.1) is 6.92 Å². The van der Waals surface area contributed by atoms with Gasteiger partial charge in [0.1, 0.15) is 10.6 Å². The first-order valence-electron chi connectivity index (χ1n) is 7.98. The molecule has 1 aromatic heterocycles. The van der Waals surface area contributed by atoms with Crippen molar-refractivity contribution in [3.63, 3.8) is 0 Å². The third-order valence-corrected chi connectivity index (χ3v) is 4.70. The molecule has 0 bridgehead atoms. The molecule has 0 unspecified atom stereocenters. The number of nitrogens with zero attached hydrogens (tertiary/aromatic N) is 1. The summed E-state index contributed by atoms with van der Waals surface area (Å²) in [6, 6.07) is 15.5. The Labute approximate surface area is 165 Å². The van der Waals surface area contributed by atoms with Crippen LogP contribution in [0.2, 0.25) is 5.02 Å². The van der Waals surface area contributed by atoms with Crippen LogP contribution in [0.4, 0.5) is 0 Å². The van der Waals surface area contributed by atoms with Crippen LogP contribution in [0.3, 0.4) is 0 Å². The Morgan fingerprint density at radius 1 is 1.15 bits per heavy atom. The van der Waals surface area contributed by atoms with Gasteiger partial charge in [-0.15, -0.1) is 11.3 Å². The highest BCUT2D eigenvalue weighted by molar-refractivity contribution is 7.12. The van der Waals surface area contributed by atoms with E-state index >= 15 is 0 Å². The molecule has 0 radical (unpaired) electrons. The zero-order valence-corrected chi connectivity index (χ0v) is 15.9. The van der Waals surface area contributed by atoms with Crippen molar-refractivity contribution in [1.82, 2.24) is 5.43 Å². The molecule has 2 aromatic carbocycles. The lowest BCUT2D eigenvalue weighted by Crippen LogP contribution is -2.18. The first-order valence-corrected chi connectivity index (χ1v) is 9.24. The molecule has 27 heavy (non-hydrogen) atoms. The second-order valence-corrected chi connectivity index (χ2v) is 6.98. The highest BCUT2D eigenvalue weighted by atomic mass is 35.5. The van der Waals surface area contributed by atoms with Crippen LogP contribution in [0.15, 0.2) is 65.1 Å². The van der Waals surface area contributed by atoms with Gasteiger partial charge in [0.2, 0.25) is 0 Å². The predicted molar refractivity (Wildman–Crippen MR) is 107 cm³/mol. The van der Waals surface area contributed by atoms with E-state index in [0.717, 1.165) is 5.56 Å². The molecule has 0 fully saturated rings. The molecule has 5 nitrogen and oxygen atoms in total. The van der Waals surface area contributed by atoms with Gasteiger partial charge in [0, 0.05) is 0 Å². The summed E-state index contributed by atoms with van der Waals surface area (Å²) < 4.78 is 5.33. The first kappa shape index (κ1) is 18.8. The van der Waals surface area contributed by atoms with Crippen molar-refractivity contribution in [1.29, 1.82) is 0 Å². The fraction of sp³-hybridized carbons (Fsp3) is 0.0500. The average Bonchev–Trinajstić information content (AvgIpc) is 3.17. The maximum atomic E-state index is 12.1. The van der Waals surface area contributed by atoms with Crippen LogP contribution in [0.5, 0.6) is 5.75 Å². The molecule has 0 aliphatic heterocycles. The fourth-order valence-corrected chi connectivity index (χ4v) is 3.16. The van der Waals surface area contributed by atoms with Gasteiger partial charge in [0.15, 0.2) is 0 Å². The van der Waals surface area contributed by atoms with E-state index in [1.807, 2.05) is 12.3 Å². The van der Waals surface area contributed by atoms with Crippen molar-refractivity contribution in [2.24, 2.45) is 5.10 Å². The molecule has 1 amide bonds. The molecule has 136 valence electrons. The Balaban J connectivity index is 1.63. The monoisotopic (exact) mass is 398 g/mol. The van der Waals surface area contributed by atoms with Crippen LogP contribution in [-0.2, 0) is 0 Å². The van der Waals surface area contributed by atoms with Crippen molar-refractivity contribution >= 4 is 41.0 Å². The van der Waals surface area contributed by atoms with Gasteiger partial charge >= 0.3 is 5.97 Å². The number of benzene rings is 2. The second-order valence-electron chi connectivity index (χ2n) is 5.62. The molecule has 3 aromatic rings. The lowest BCUT2D eigenvalue weighted by atomic mass is 10.1. The van der Waals surface area contributed by atoms with E-state index in [1.165, 1.54) is 17.6 Å². The number of ether oxygens (including phenoxy) is 1. The minimum atomic E-state index is -0.415. The Morgan fingerprint density at radius 2 is 2.00 bits per heavy atom. The number of aryl methyl sites for hydroxylation is 1. The largest absolute Gasteiger partial charge is 0.422 e. The SMILES string of the molecule is Cc1ccc(C(=O)N/N=C\c2cccc(OC(=O)c3cccs3)c2)c(Cl)c1. The first-order chi connectivity index (χ1) is 13.0. The molecule has 1 N–H and O–H groups in total. The molecule has 0 atom stereocenters. The van der Waals surface area contributed by atoms with Gasteiger partial charge in [-0.25, -0.2) is 10.2 Å². The van der Waals surface area contributed by atoms with Gasteiger partial charge in [-0.1, -0.05) is 35.9 Å². The summed E-state index contributed by atoms with van der Waals surface area (Å²) in [5, 5.41) is 6.10. The van der Waals surface area contributed by atoms with E-state index in [9.17, 15) is 9.59 Å². The summed E-state index contributed by atoms with van der Waals surface area (Å²) in [5.74, 6) is -0.428. The van der Waals surface area contributed by atoms with Crippen LogP contribution >= 0.6 is 22.9 Å². The van der Waals surface area contributed by atoms with E-state index in [0.29, 0.717) is 26.8 Å². The van der Waals surface area contributed by atoms with Crippen molar-refractivity contribution in [3.05, 3.63) is 86.6 Å². The smallest absolute Gasteiger partial charge is 0.353 e. The lowest BCUT2D eigenvalue weighted by Gasteiger charge is -2.04. The third kappa shape index (κ3) is 5.03. The van der Waals surface area contributed by atoms with Gasteiger partial charge in [0.25, 0.3) is 5.91 Å². The number of nitrogens with one attached hydrogen (secondary N) is 1. The van der Waals surface area contributed by atoms with Crippen molar-refractivity contribution in [2.75, 3.05) is 0 Å². The maximum absolute atomic E-state index is 12.1. The van der Waals surface area contributed by atoms with Crippen LogP contribution in [0.1, 0.15) is 31.2 Å². The minimum absolute atomic E-state index is 0.345. The summed E-state index contributed by atoms with van der Waals surface area (Å²) in [5.41, 5.74) is 4.41. The van der Waals surface area contributed by atoms with Crippen LogP contribution in [-0.4, -0.2) is 18.1 Å². The summed E-state index contributed by atoms with van der Waals surface area (Å²) in [6.07, 6.45) is 1.46. The van der Waals surface area contributed by atoms with Gasteiger partial charge in [0.05, 0.1) is 16.8 Å². The normalized spacial score (nSPS) is 10.7. The average molecular weight is 399 g/mol. The molecular weight excluding hydrogens is 384 g/mol. The van der Waals surface area contributed by atoms with Gasteiger partial charge in [-0.3, -0.25) is 4.79 Å². The Kier molecular flexibility index (Phi) is 6.01. The molecule has 0 spiro atoms. The predicted octanol–water partition coefficient (Wildman–Crippen LogP) is 4.69. The molecule has 1 heterocycles. The van der Waals surface area contributed by atoms with Crippen molar-refractivity contribution in [2.45, 2.75) is 6.92 Å². The van der Waals surface area contributed by atoms with Gasteiger partial charge < -0.3 is 4.74 Å². The number of carbonyl (C=O) groups excluding carboxylic acids is 2. The number of thiophene rings is 1. The van der Waals surface area contributed by atoms with E-state index in [-0.39, 0.29) is 0 Å². The zero-order chi connectivity index (χ0) is 19.2. The summed E-state index contributed by atoms with van der Waals surface area (Å²) in [6.45, 7) is 1.89. The number of rotatable bonds is 5. The fourth-order valence-electron chi connectivity index (χ4n) is 2.24. The number of amides is 1. The van der Waals surface area contributed by atoms with E-state index < -0.39 is 11.9 Å². The van der Waals surface area contributed by atoms with Gasteiger partial charge in [-0.05, 0) is 53.8 Å². The molecule has 3 rings (SSSR count).